The van der Waals surface area contributed by atoms with E-state index in [0.29, 0.717) is 13.1 Å². The number of urea groups is 1. The van der Waals surface area contributed by atoms with Crippen LogP contribution < -0.4 is 10.6 Å². The van der Waals surface area contributed by atoms with Crippen LogP contribution in [-0.4, -0.2) is 36.8 Å². The third-order valence-electron chi connectivity index (χ3n) is 4.76. The summed E-state index contributed by atoms with van der Waals surface area (Å²) in [5.74, 6) is 0.803. The van der Waals surface area contributed by atoms with Crippen LogP contribution in [-0.2, 0) is 11.3 Å². The maximum atomic E-state index is 12.1. The van der Waals surface area contributed by atoms with Gasteiger partial charge in [0.1, 0.15) is 11.3 Å². The van der Waals surface area contributed by atoms with Gasteiger partial charge in [-0.2, -0.15) is 11.8 Å². The fourth-order valence-corrected chi connectivity index (χ4v) is 3.85. The monoisotopic (exact) mass is 348 g/mol. The van der Waals surface area contributed by atoms with E-state index in [2.05, 4.69) is 16.9 Å². The maximum Gasteiger partial charge on any atom is 0.315 e. The third-order valence-corrected chi connectivity index (χ3v) is 6.18. The number of fused-ring (bicyclic) bond motifs is 1. The molecule has 1 aliphatic rings. The van der Waals surface area contributed by atoms with Gasteiger partial charge >= 0.3 is 6.03 Å². The van der Waals surface area contributed by atoms with E-state index in [1.165, 1.54) is 0 Å². The molecule has 0 radical (unpaired) electrons. The second kappa shape index (κ2) is 7.49. The quantitative estimate of drug-likeness (QED) is 0.869. The standard InChI is InChI=1S/C18H24N2O3S/c1-13-14-5-3-4-6-15(14)23-16(13)11-19-17(21)20-12-18(24-2)7-9-22-10-8-18/h3-6H,7-12H2,1-2H3,(H2,19,20,21). The Morgan fingerprint density at radius 2 is 2.00 bits per heavy atom. The van der Waals surface area contributed by atoms with Crippen LogP contribution in [0.4, 0.5) is 4.79 Å². The molecule has 0 aliphatic carbocycles. The van der Waals surface area contributed by atoms with E-state index >= 15 is 0 Å². The summed E-state index contributed by atoms with van der Waals surface area (Å²) in [5, 5.41) is 6.99. The lowest BCUT2D eigenvalue weighted by molar-refractivity contribution is 0.0777. The number of aryl methyl sites for hydroxylation is 1. The summed E-state index contributed by atoms with van der Waals surface area (Å²) in [4.78, 5) is 12.1. The summed E-state index contributed by atoms with van der Waals surface area (Å²) in [6, 6.07) is 7.76. The van der Waals surface area contributed by atoms with Crippen LogP contribution in [0, 0.1) is 6.92 Å². The zero-order valence-corrected chi connectivity index (χ0v) is 15.0. The molecule has 2 N–H and O–H groups in total. The van der Waals surface area contributed by atoms with Crippen molar-refractivity contribution < 1.29 is 13.9 Å². The second-order valence-electron chi connectivity index (χ2n) is 6.18. The molecule has 3 rings (SSSR count). The third kappa shape index (κ3) is 3.70. The van der Waals surface area contributed by atoms with E-state index in [0.717, 1.165) is 48.3 Å². The highest BCUT2D eigenvalue weighted by atomic mass is 32.2. The van der Waals surface area contributed by atoms with Gasteiger partial charge in [-0.15, -0.1) is 0 Å². The highest BCUT2D eigenvalue weighted by Crippen LogP contribution is 2.33. The molecule has 1 aromatic carbocycles. The van der Waals surface area contributed by atoms with E-state index in [1.54, 1.807) is 0 Å². The number of rotatable bonds is 5. The molecule has 130 valence electrons. The summed E-state index contributed by atoms with van der Waals surface area (Å²) in [7, 11) is 0. The lowest BCUT2D eigenvalue weighted by atomic mass is 9.99. The lowest BCUT2D eigenvalue weighted by Crippen LogP contribution is -2.47. The molecule has 6 heteroatoms. The average molecular weight is 348 g/mol. The Labute approximate surface area is 146 Å². The van der Waals surface area contributed by atoms with E-state index < -0.39 is 0 Å². The van der Waals surface area contributed by atoms with Gasteiger partial charge in [-0.25, -0.2) is 4.79 Å². The van der Waals surface area contributed by atoms with Crippen LogP contribution in [0.5, 0.6) is 0 Å². The minimum absolute atomic E-state index is 0.0882. The van der Waals surface area contributed by atoms with Crippen molar-refractivity contribution in [3.05, 3.63) is 35.6 Å². The molecule has 24 heavy (non-hydrogen) atoms. The Kier molecular flexibility index (Phi) is 5.36. The first kappa shape index (κ1) is 17.2. The largest absolute Gasteiger partial charge is 0.459 e. The summed E-state index contributed by atoms with van der Waals surface area (Å²) < 4.78 is 11.3. The Morgan fingerprint density at radius 1 is 1.25 bits per heavy atom. The molecule has 2 heterocycles. The first-order chi connectivity index (χ1) is 11.6. The smallest absolute Gasteiger partial charge is 0.315 e. The SMILES string of the molecule is CSC1(CNC(=O)NCc2oc3ccccc3c2C)CCOCC1. The number of para-hydroxylation sites is 1. The molecule has 5 nitrogen and oxygen atoms in total. The van der Waals surface area contributed by atoms with Crippen LogP contribution in [0.1, 0.15) is 24.2 Å². The number of amides is 2. The fourth-order valence-electron chi connectivity index (χ4n) is 3.05. The van der Waals surface area contributed by atoms with Gasteiger partial charge in [0.2, 0.25) is 0 Å². The molecule has 0 bridgehead atoms. The Hall–Kier alpha value is -1.66. The number of furan rings is 1. The fraction of sp³-hybridized carbons (Fsp3) is 0.500. The number of benzene rings is 1. The summed E-state index contributed by atoms with van der Waals surface area (Å²) in [5.41, 5.74) is 1.94. The number of hydrogen-bond donors (Lipinski definition) is 2. The minimum atomic E-state index is -0.158. The summed E-state index contributed by atoms with van der Waals surface area (Å²) in [6.45, 7) is 4.60. The van der Waals surface area contributed by atoms with Gasteiger partial charge in [-0.3, -0.25) is 0 Å². The molecular formula is C18H24N2O3S. The van der Waals surface area contributed by atoms with Crippen molar-refractivity contribution in [1.82, 2.24) is 10.6 Å². The Bertz CT molecular complexity index is 707. The number of carbonyl (C=O) groups is 1. The minimum Gasteiger partial charge on any atom is -0.459 e. The first-order valence-electron chi connectivity index (χ1n) is 8.25. The van der Waals surface area contributed by atoms with Crippen LogP contribution in [0.3, 0.4) is 0 Å². The number of carbonyl (C=O) groups excluding carboxylic acids is 1. The van der Waals surface area contributed by atoms with Gasteiger partial charge in [-0.05, 0) is 32.1 Å². The van der Waals surface area contributed by atoms with Crippen molar-refractivity contribution >= 4 is 28.8 Å². The van der Waals surface area contributed by atoms with Crippen LogP contribution in [0.15, 0.2) is 28.7 Å². The van der Waals surface area contributed by atoms with Crippen molar-refractivity contribution in [3.8, 4) is 0 Å². The number of ether oxygens (including phenoxy) is 1. The van der Waals surface area contributed by atoms with Gasteiger partial charge in [0, 0.05) is 35.5 Å². The van der Waals surface area contributed by atoms with Crippen molar-refractivity contribution in [2.45, 2.75) is 31.1 Å². The predicted molar refractivity (Wildman–Crippen MR) is 97.5 cm³/mol. The molecule has 0 atom stereocenters. The van der Waals surface area contributed by atoms with Crippen LogP contribution in [0.25, 0.3) is 11.0 Å². The molecule has 1 saturated heterocycles. The van der Waals surface area contributed by atoms with Crippen LogP contribution in [0.2, 0.25) is 0 Å². The molecule has 1 fully saturated rings. The van der Waals surface area contributed by atoms with Crippen LogP contribution >= 0.6 is 11.8 Å². The molecule has 1 aliphatic heterocycles. The number of nitrogens with one attached hydrogen (secondary N) is 2. The molecule has 0 saturated carbocycles. The van der Waals surface area contributed by atoms with Crippen molar-refractivity contribution in [2.75, 3.05) is 26.0 Å². The number of thioether (sulfide) groups is 1. The Morgan fingerprint density at radius 3 is 2.71 bits per heavy atom. The normalized spacial score (nSPS) is 16.9. The van der Waals surface area contributed by atoms with Crippen molar-refractivity contribution in [3.63, 3.8) is 0 Å². The van der Waals surface area contributed by atoms with Crippen molar-refractivity contribution in [2.24, 2.45) is 0 Å². The zero-order valence-electron chi connectivity index (χ0n) is 14.2. The highest BCUT2D eigenvalue weighted by molar-refractivity contribution is 8.00. The van der Waals surface area contributed by atoms with Gasteiger partial charge in [0.05, 0.1) is 6.54 Å². The van der Waals surface area contributed by atoms with E-state index in [9.17, 15) is 4.79 Å². The molecule has 0 unspecified atom stereocenters. The summed E-state index contributed by atoms with van der Waals surface area (Å²) in [6.07, 6.45) is 4.04. The first-order valence-corrected chi connectivity index (χ1v) is 9.48. The van der Waals surface area contributed by atoms with E-state index in [4.69, 9.17) is 9.15 Å². The average Bonchev–Trinajstić information content (AvgIpc) is 2.95. The van der Waals surface area contributed by atoms with E-state index in [1.807, 2.05) is 43.0 Å². The summed E-state index contributed by atoms with van der Waals surface area (Å²) >= 11 is 1.81. The van der Waals surface area contributed by atoms with Gasteiger partial charge < -0.3 is 19.8 Å². The second-order valence-corrected chi connectivity index (χ2v) is 7.46. The zero-order chi connectivity index (χ0) is 17.0. The molecular weight excluding hydrogens is 324 g/mol. The molecule has 2 amide bonds. The van der Waals surface area contributed by atoms with E-state index in [-0.39, 0.29) is 10.8 Å². The van der Waals surface area contributed by atoms with Gasteiger partial charge in [-0.1, -0.05) is 18.2 Å². The lowest BCUT2D eigenvalue weighted by Gasteiger charge is -2.35. The van der Waals surface area contributed by atoms with Crippen molar-refractivity contribution in [1.29, 1.82) is 0 Å². The van der Waals surface area contributed by atoms with Gasteiger partial charge in [0.15, 0.2) is 0 Å². The molecule has 0 spiro atoms. The maximum absolute atomic E-state index is 12.1. The predicted octanol–water partition coefficient (Wildman–Crippen LogP) is 3.45. The molecule has 2 aromatic rings. The topological polar surface area (TPSA) is 63.5 Å². The Balaban J connectivity index is 1.54. The number of hydrogen-bond acceptors (Lipinski definition) is 4. The molecule has 1 aromatic heterocycles. The highest BCUT2D eigenvalue weighted by Gasteiger charge is 2.32. The van der Waals surface area contributed by atoms with Gasteiger partial charge in [0.25, 0.3) is 0 Å².